The number of H-pyrrole nitrogens is 1. The highest BCUT2D eigenvalue weighted by Crippen LogP contribution is 2.41. The van der Waals surface area contributed by atoms with Crippen molar-refractivity contribution in [1.29, 1.82) is 0 Å². The maximum absolute atomic E-state index is 11.8. The Morgan fingerprint density at radius 2 is 2.10 bits per heavy atom. The first kappa shape index (κ1) is 13.4. The summed E-state index contributed by atoms with van der Waals surface area (Å²) in [6, 6.07) is 0. The molecule has 2 saturated heterocycles. The molecule has 3 heterocycles. The van der Waals surface area contributed by atoms with Crippen LogP contribution in [-0.2, 0) is 14.2 Å². The quantitative estimate of drug-likeness (QED) is 0.668. The number of fused-ring (bicyclic) bond motifs is 1. The van der Waals surface area contributed by atoms with Gasteiger partial charge in [-0.1, -0.05) is 0 Å². The topological polar surface area (TPSA) is 116 Å². The van der Waals surface area contributed by atoms with Gasteiger partial charge in [0.1, 0.15) is 24.5 Å². The average Bonchev–Trinajstić information content (AvgIpc) is 2.83. The fourth-order valence-electron chi connectivity index (χ4n) is 2.55. The van der Waals surface area contributed by atoms with Gasteiger partial charge in [0.05, 0.1) is 6.61 Å². The maximum atomic E-state index is 11.8. The lowest BCUT2D eigenvalue weighted by atomic mass is 10.1. The van der Waals surface area contributed by atoms with Gasteiger partial charge in [-0.25, -0.2) is 4.79 Å². The van der Waals surface area contributed by atoms with Crippen molar-refractivity contribution in [1.82, 2.24) is 14.8 Å². The van der Waals surface area contributed by atoms with Gasteiger partial charge in [-0.2, -0.15) is 9.78 Å². The fourth-order valence-corrected chi connectivity index (χ4v) is 2.55. The van der Waals surface area contributed by atoms with E-state index in [-0.39, 0.29) is 6.61 Å². The maximum Gasteiger partial charge on any atom is 0.347 e. The number of rotatable bonds is 2. The predicted molar refractivity (Wildman–Crippen MR) is 63.9 cm³/mol. The minimum Gasteiger partial charge on any atom is -0.394 e. The summed E-state index contributed by atoms with van der Waals surface area (Å²) in [4.78, 5) is 24.9. The first-order valence-corrected chi connectivity index (χ1v) is 6.21. The van der Waals surface area contributed by atoms with Crippen molar-refractivity contribution >= 4 is 0 Å². The highest BCUT2D eigenvalue weighted by molar-refractivity contribution is 4.96. The molecule has 0 amide bonds. The van der Waals surface area contributed by atoms with Crippen LogP contribution in [0.5, 0.6) is 0 Å². The van der Waals surface area contributed by atoms with Gasteiger partial charge in [0, 0.05) is 0 Å². The SMILES string of the molecule is CC1(C)OC2[C@@H](CO)O[C@@H](n3ncc(=O)[nH]c3=O)[C@H]2O1. The van der Waals surface area contributed by atoms with E-state index in [1.54, 1.807) is 13.8 Å². The number of hydrogen-bond acceptors (Lipinski definition) is 7. The van der Waals surface area contributed by atoms with Crippen LogP contribution in [-0.4, -0.2) is 50.6 Å². The van der Waals surface area contributed by atoms with Crippen LogP contribution in [0.4, 0.5) is 0 Å². The van der Waals surface area contributed by atoms with E-state index in [9.17, 15) is 14.7 Å². The molecule has 1 aromatic heterocycles. The molecule has 1 unspecified atom stereocenters. The molecule has 9 heteroatoms. The highest BCUT2D eigenvalue weighted by Gasteiger charge is 2.56. The van der Waals surface area contributed by atoms with E-state index in [1.807, 2.05) is 0 Å². The molecule has 1 aromatic rings. The Morgan fingerprint density at radius 1 is 1.40 bits per heavy atom. The third kappa shape index (κ3) is 2.08. The van der Waals surface area contributed by atoms with Gasteiger partial charge in [-0.3, -0.25) is 9.78 Å². The molecule has 2 aliphatic heterocycles. The number of aromatic nitrogens is 3. The lowest BCUT2D eigenvalue weighted by molar-refractivity contribution is -0.202. The molecule has 0 spiro atoms. The highest BCUT2D eigenvalue weighted by atomic mass is 16.8. The van der Waals surface area contributed by atoms with Crippen LogP contribution in [0.15, 0.2) is 15.8 Å². The molecule has 0 aromatic carbocycles. The van der Waals surface area contributed by atoms with Gasteiger partial charge >= 0.3 is 5.69 Å². The molecule has 9 nitrogen and oxygen atoms in total. The smallest absolute Gasteiger partial charge is 0.347 e. The number of aliphatic hydroxyl groups excluding tert-OH is 1. The molecule has 20 heavy (non-hydrogen) atoms. The second kappa shape index (κ2) is 4.48. The van der Waals surface area contributed by atoms with Gasteiger partial charge in [0.25, 0.3) is 5.56 Å². The number of aliphatic hydroxyl groups is 1. The largest absolute Gasteiger partial charge is 0.394 e. The molecule has 2 aliphatic rings. The Morgan fingerprint density at radius 3 is 2.75 bits per heavy atom. The second-order valence-corrected chi connectivity index (χ2v) is 5.20. The summed E-state index contributed by atoms with van der Waals surface area (Å²) >= 11 is 0. The first-order chi connectivity index (χ1) is 9.41. The minimum absolute atomic E-state index is 0.269. The fraction of sp³-hybridized carbons (Fsp3) is 0.727. The zero-order chi connectivity index (χ0) is 14.5. The van der Waals surface area contributed by atoms with Crippen LogP contribution in [0.3, 0.4) is 0 Å². The molecule has 0 radical (unpaired) electrons. The van der Waals surface area contributed by atoms with E-state index >= 15 is 0 Å². The summed E-state index contributed by atoms with van der Waals surface area (Å²) in [6.07, 6.45) is -1.58. The van der Waals surface area contributed by atoms with E-state index in [4.69, 9.17) is 14.2 Å². The second-order valence-electron chi connectivity index (χ2n) is 5.20. The van der Waals surface area contributed by atoms with Gasteiger partial charge in [0.2, 0.25) is 0 Å². The lowest BCUT2D eigenvalue weighted by Crippen LogP contribution is -2.39. The van der Waals surface area contributed by atoms with Crippen LogP contribution < -0.4 is 11.2 Å². The molecule has 0 aliphatic carbocycles. The first-order valence-electron chi connectivity index (χ1n) is 6.21. The average molecular weight is 285 g/mol. The van der Waals surface area contributed by atoms with Gasteiger partial charge < -0.3 is 19.3 Å². The minimum atomic E-state index is -0.858. The van der Waals surface area contributed by atoms with E-state index in [0.29, 0.717) is 0 Å². The van der Waals surface area contributed by atoms with Gasteiger partial charge in [0.15, 0.2) is 12.0 Å². The summed E-state index contributed by atoms with van der Waals surface area (Å²) in [6.45, 7) is 3.20. The molecule has 110 valence electrons. The summed E-state index contributed by atoms with van der Waals surface area (Å²) < 4.78 is 17.9. The van der Waals surface area contributed by atoms with Crippen LogP contribution in [0.25, 0.3) is 0 Å². The number of ether oxygens (including phenoxy) is 3. The lowest BCUT2D eigenvalue weighted by Gasteiger charge is -2.23. The number of nitrogens with one attached hydrogen (secondary N) is 1. The molecule has 0 bridgehead atoms. The molecule has 2 N–H and O–H groups in total. The van der Waals surface area contributed by atoms with Crippen molar-refractivity contribution in [2.45, 2.75) is 44.2 Å². The Balaban J connectivity index is 1.98. The standard InChI is InChI=1S/C11H15N3O6/c1-11(2)19-7-5(4-15)18-9(8(7)20-11)14-10(17)13-6(16)3-12-14/h3,5,7-9,15H,4H2,1-2H3,(H,13,16,17)/t5-,7?,8+,9-/m1/s1. The van der Waals surface area contributed by atoms with Crippen molar-refractivity contribution < 1.29 is 19.3 Å². The molecular formula is C11H15N3O6. The van der Waals surface area contributed by atoms with Gasteiger partial charge in [-0.05, 0) is 13.8 Å². The monoisotopic (exact) mass is 285 g/mol. The van der Waals surface area contributed by atoms with E-state index < -0.39 is 41.6 Å². The molecule has 3 rings (SSSR count). The summed E-state index contributed by atoms with van der Waals surface area (Å²) in [7, 11) is 0. The summed E-state index contributed by atoms with van der Waals surface area (Å²) in [5, 5.41) is 13.1. The van der Waals surface area contributed by atoms with Crippen molar-refractivity contribution in [2.24, 2.45) is 0 Å². The zero-order valence-electron chi connectivity index (χ0n) is 11.0. The van der Waals surface area contributed by atoms with Gasteiger partial charge in [-0.15, -0.1) is 0 Å². The Hall–Kier alpha value is -1.55. The van der Waals surface area contributed by atoms with Crippen molar-refractivity contribution in [3.8, 4) is 0 Å². The zero-order valence-corrected chi connectivity index (χ0v) is 11.0. The number of aromatic amines is 1. The third-order valence-corrected chi connectivity index (χ3v) is 3.28. The van der Waals surface area contributed by atoms with E-state index in [2.05, 4.69) is 10.1 Å². The normalized spacial score (nSPS) is 35.1. The predicted octanol–water partition coefficient (Wildman–Crippen LogP) is -1.66. The van der Waals surface area contributed by atoms with Crippen LogP contribution >= 0.6 is 0 Å². The van der Waals surface area contributed by atoms with Crippen LogP contribution in [0, 0.1) is 0 Å². The van der Waals surface area contributed by atoms with Crippen molar-refractivity contribution in [2.75, 3.05) is 6.61 Å². The Labute approximate surface area is 113 Å². The number of hydrogen-bond donors (Lipinski definition) is 2. The number of nitrogens with zero attached hydrogens (tertiary/aromatic N) is 2. The molecule has 2 fully saturated rings. The van der Waals surface area contributed by atoms with Crippen molar-refractivity contribution in [3.63, 3.8) is 0 Å². The Bertz CT molecular complexity index is 623. The van der Waals surface area contributed by atoms with Crippen molar-refractivity contribution in [3.05, 3.63) is 27.0 Å². The molecular weight excluding hydrogens is 270 g/mol. The third-order valence-electron chi connectivity index (χ3n) is 3.28. The molecule has 4 atom stereocenters. The summed E-state index contributed by atoms with van der Waals surface area (Å²) in [5.74, 6) is -0.837. The van der Waals surface area contributed by atoms with E-state index in [1.165, 1.54) is 0 Å². The summed E-state index contributed by atoms with van der Waals surface area (Å²) in [5.41, 5.74) is -1.29. The van der Waals surface area contributed by atoms with Crippen LogP contribution in [0.1, 0.15) is 20.1 Å². The molecule has 0 saturated carbocycles. The van der Waals surface area contributed by atoms with E-state index in [0.717, 1.165) is 10.9 Å². The van der Waals surface area contributed by atoms with Crippen LogP contribution in [0.2, 0.25) is 0 Å². The Kier molecular flexibility index (Phi) is 3.01.